The fourth-order valence-corrected chi connectivity index (χ4v) is 5.86. The lowest BCUT2D eigenvalue weighted by Crippen LogP contribution is -2.37. The number of carbonyl (C=O) groups excluding carboxylic acids is 1. The van der Waals surface area contributed by atoms with Gasteiger partial charge in [-0.3, -0.25) is 0 Å². The maximum atomic E-state index is 12.8. The van der Waals surface area contributed by atoms with E-state index in [1.807, 2.05) is 31.6 Å². The summed E-state index contributed by atoms with van der Waals surface area (Å²) in [5, 5.41) is 7.64. The quantitative estimate of drug-likeness (QED) is 0.697. The van der Waals surface area contributed by atoms with Crippen molar-refractivity contribution in [3.8, 4) is 0 Å². The van der Waals surface area contributed by atoms with Crippen LogP contribution in [0, 0.1) is 0 Å². The predicted octanol–water partition coefficient (Wildman–Crippen LogP) is 3.35. The van der Waals surface area contributed by atoms with Gasteiger partial charge in [-0.2, -0.15) is 4.31 Å². The van der Waals surface area contributed by atoms with E-state index in [1.54, 1.807) is 29.5 Å². The number of hydrogen-bond acceptors (Lipinski definition) is 5. The van der Waals surface area contributed by atoms with Crippen LogP contribution in [0.5, 0.6) is 0 Å². The third kappa shape index (κ3) is 5.57. The van der Waals surface area contributed by atoms with E-state index in [-0.39, 0.29) is 17.0 Å². The number of benzene rings is 1. The molecule has 1 aliphatic rings. The molecule has 2 aromatic rings. The number of carbonyl (C=O) groups is 1. The maximum Gasteiger partial charge on any atom is 0.319 e. The van der Waals surface area contributed by atoms with Gasteiger partial charge in [-0.1, -0.05) is 18.6 Å². The van der Waals surface area contributed by atoms with E-state index in [4.69, 9.17) is 0 Å². The molecule has 7 nitrogen and oxygen atoms in total. The molecule has 0 saturated carbocycles. The van der Waals surface area contributed by atoms with Gasteiger partial charge in [0, 0.05) is 30.2 Å². The van der Waals surface area contributed by atoms with Gasteiger partial charge in [0.25, 0.3) is 0 Å². The van der Waals surface area contributed by atoms with Crippen molar-refractivity contribution >= 4 is 33.1 Å². The summed E-state index contributed by atoms with van der Waals surface area (Å²) in [7, 11) is 0.412. The van der Waals surface area contributed by atoms with Crippen LogP contribution < -0.4 is 10.6 Å². The Labute approximate surface area is 176 Å². The number of rotatable bonds is 7. The Kier molecular flexibility index (Phi) is 7.28. The van der Waals surface area contributed by atoms with Crippen LogP contribution >= 0.6 is 11.3 Å². The van der Waals surface area contributed by atoms with E-state index in [9.17, 15) is 13.2 Å². The predicted molar refractivity (Wildman–Crippen MR) is 117 cm³/mol. The molecule has 1 fully saturated rings. The minimum Gasteiger partial charge on any atom is -0.336 e. The summed E-state index contributed by atoms with van der Waals surface area (Å²) in [5.41, 5.74) is 0.457. The Morgan fingerprint density at radius 2 is 1.93 bits per heavy atom. The standard InChI is InChI=1S/C20H28N4O3S2/c1-23(2)18(19-10-7-13-28-19)15-21-20(25)22-16-8-6-9-17(14-16)29(26,27)24-11-4-3-5-12-24/h6-10,13-14,18H,3-5,11-12,15H2,1-2H3,(H2,21,22,25)/t18-/m0/s1. The third-order valence-electron chi connectivity index (χ3n) is 5.00. The SMILES string of the molecule is CN(C)[C@@H](CNC(=O)Nc1cccc(S(=O)(=O)N2CCCCC2)c1)c1cccs1. The summed E-state index contributed by atoms with van der Waals surface area (Å²) in [5.74, 6) is 0. The molecule has 1 aliphatic heterocycles. The molecule has 1 aromatic heterocycles. The lowest BCUT2D eigenvalue weighted by Gasteiger charge is -2.26. The fourth-order valence-electron chi connectivity index (χ4n) is 3.37. The first kappa shape index (κ1) is 21.8. The van der Waals surface area contributed by atoms with Gasteiger partial charge in [0.15, 0.2) is 0 Å². The van der Waals surface area contributed by atoms with Crippen LogP contribution in [0.3, 0.4) is 0 Å². The lowest BCUT2D eigenvalue weighted by molar-refractivity contribution is 0.244. The van der Waals surface area contributed by atoms with Gasteiger partial charge in [-0.25, -0.2) is 13.2 Å². The molecule has 0 radical (unpaired) electrons. The normalized spacial score (nSPS) is 16.5. The maximum absolute atomic E-state index is 12.8. The number of amides is 2. The molecular weight excluding hydrogens is 408 g/mol. The van der Waals surface area contributed by atoms with Crippen molar-refractivity contribution in [1.29, 1.82) is 0 Å². The van der Waals surface area contributed by atoms with E-state index in [2.05, 4.69) is 15.5 Å². The van der Waals surface area contributed by atoms with Crippen LogP contribution in [0.1, 0.15) is 30.2 Å². The minimum absolute atomic E-state index is 0.0755. The summed E-state index contributed by atoms with van der Waals surface area (Å²) >= 11 is 1.65. The lowest BCUT2D eigenvalue weighted by atomic mass is 10.2. The second kappa shape index (κ2) is 9.71. The molecule has 2 N–H and O–H groups in total. The highest BCUT2D eigenvalue weighted by molar-refractivity contribution is 7.89. The highest BCUT2D eigenvalue weighted by atomic mass is 32.2. The van der Waals surface area contributed by atoms with Crippen LogP contribution in [-0.2, 0) is 10.0 Å². The smallest absolute Gasteiger partial charge is 0.319 e. The largest absolute Gasteiger partial charge is 0.336 e. The van der Waals surface area contributed by atoms with Crippen molar-refractivity contribution in [1.82, 2.24) is 14.5 Å². The van der Waals surface area contributed by atoms with Crippen LogP contribution in [0.2, 0.25) is 0 Å². The molecule has 1 aromatic carbocycles. The van der Waals surface area contributed by atoms with E-state index in [1.165, 1.54) is 15.2 Å². The number of anilines is 1. The van der Waals surface area contributed by atoms with Crippen molar-refractivity contribution in [2.24, 2.45) is 0 Å². The number of urea groups is 1. The van der Waals surface area contributed by atoms with E-state index < -0.39 is 10.0 Å². The Balaban J connectivity index is 1.63. The summed E-state index contributed by atoms with van der Waals surface area (Å²) in [6.45, 7) is 1.55. The van der Waals surface area contributed by atoms with Crippen molar-refractivity contribution in [2.75, 3.05) is 39.0 Å². The fraction of sp³-hybridized carbons (Fsp3) is 0.450. The first-order valence-electron chi connectivity index (χ1n) is 9.73. The van der Waals surface area contributed by atoms with Crippen molar-refractivity contribution < 1.29 is 13.2 Å². The van der Waals surface area contributed by atoms with E-state index in [0.29, 0.717) is 25.3 Å². The first-order chi connectivity index (χ1) is 13.9. The number of piperidine rings is 1. The number of likely N-dealkylation sites (N-methyl/N-ethyl adjacent to an activating group) is 1. The molecule has 1 atom stereocenters. The van der Waals surface area contributed by atoms with Crippen molar-refractivity contribution in [3.63, 3.8) is 0 Å². The number of nitrogens with one attached hydrogen (secondary N) is 2. The van der Waals surface area contributed by atoms with Gasteiger partial charge in [-0.05, 0) is 56.6 Å². The van der Waals surface area contributed by atoms with E-state index in [0.717, 1.165) is 19.3 Å². The Hall–Kier alpha value is -1.94. The minimum atomic E-state index is -3.53. The molecule has 3 rings (SSSR count). The zero-order valence-electron chi connectivity index (χ0n) is 16.8. The highest BCUT2D eigenvalue weighted by Gasteiger charge is 2.26. The average molecular weight is 437 g/mol. The summed E-state index contributed by atoms with van der Waals surface area (Å²) in [6, 6.07) is 10.2. The van der Waals surface area contributed by atoms with Gasteiger partial charge in [0.1, 0.15) is 0 Å². The second-order valence-electron chi connectivity index (χ2n) is 7.32. The van der Waals surface area contributed by atoms with Crippen LogP contribution in [0.15, 0.2) is 46.7 Å². The van der Waals surface area contributed by atoms with Gasteiger partial charge in [-0.15, -0.1) is 11.3 Å². The Bertz CT molecular complexity index is 908. The number of sulfonamides is 1. The Morgan fingerprint density at radius 3 is 2.59 bits per heavy atom. The van der Waals surface area contributed by atoms with E-state index >= 15 is 0 Å². The first-order valence-corrected chi connectivity index (χ1v) is 12.0. The van der Waals surface area contributed by atoms with Crippen LogP contribution in [-0.4, -0.2) is 57.4 Å². The number of nitrogens with zero attached hydrogens (tertiary/aromatic N) is 2. The molecular formula is C20H28N4O3S2. The van der Waals surface area contributed by atoms with Crippen LogP contribution in [0.4, 0.5) is 10.5 Å². The zero-order valence-corrected chi connectivity index (χ0v) is 18.4. The monoisotopic (exact) mass is 436 g/mol. The average Bonchev–Trinajstić information content (AvgIpc) is 3.23. The highest BCUT2D eigenvalue weighted by Crippen LogP contribution is 2.24. The molecule has 0 spiro atoms. The van der Waals surface area contributed by atoms with Gasteiger partial charge in [0.05, 0.1) is 10.9 Å². The summed E-state index contributed by atoms with van der Waals surface area (Å²) in [4.78, 5) is 15.8. The molecule has 2 heterocycles. The van der Waals surface area contributed by atoms with Crippen molar-refractivity contribution in [3.05, 3.63) is 46.7 Å². The third-order valence-corrected chi connectivity index (χ3v) is 7.86. The van der Waals surface area contributed by atoms with Gasteiger partial charge in [0.2, 0.25) is 10.0 Å². The molecule has 2 amide bonds. The summed E-state index contributed by atoms with van der Waals surface area (Å²) < 4.78 is 27.2. The zero-order chi connectivity index (χ0) is 20.9. The van der Waals surface area contributed by atoms with Crippen molar-refractivity contribution in [2.45, 2.75) is 30.2 Å². The topological polar surface area (TPSA) is 81.8 Å². The number of hydrogen-bond donors (Lipinski definition) is 2. The molecule has 0 unspecified atom stereocenters. The molecule has 9 heteroatoms. The summed E-state index contributed by atoms with van der Waals surface area (Å²) in [6.07, 6.45) is 2.83. The molecule has 29 heavy (non-hydrogen) atoms. The molecule has 1 saturated heterocycles. The molecule has 158 valence electrons. The molecule has 0 aliphatic carbocycles. The van der Waals surface area contributed by atoms with Crippen LogP contribution in [0.25, 0.3) is 0 Å². The second-order valence-corrected chi connectivity index (χ2v) is 10.2. The number of thiophene rings is 1. The molecule has 0 bridgehead atoms. The van der Waals surface area contributed by atoms with Gasteiger partial charge < -0.3 is 15.5 Å². The Morgan fingerprint density at radius 1 is 1.17 bits per heavy atom. The van der Waals surface area contributed by atoms with Gasteiger partial charge >= 0.3 is 6.03 Å².